The van der Waals surface area contributed by atoms with E-state index in [1.165, 1.54) is 5.56 Å². The van der Waals surface area contributed by atoms with Gasteiger partial charge in [-0.3, -0.25) is 4.79 Å². The number of aliphatic hydroxyl groups excluding tert-OH is 1. The number of rotatable bonds is 11. The van der Waals surface area contributed by atoms with Crippen molar-refractivity contribution in [3.8, 4) is 0 Å². The highest BCUT2D eigenvalue weighted by Crippen LogP contribution is 2.11. The predicted molar refractivity (Wildman–Crippen MR) is 89.7 cm³/mol. The van der Waals surface area contributed by atoms with Crippen LogP contribution < -0.4 is 0 Å². The van der Waals surface area contributed by atoms with Crippen LogP contribution in [0.1, 0.15) is 57.9 Å². The van der Waals surface area contributed by atoms with Gasteiger partial charge in [-0.15, -0.1) is 0 Å². The first kappa shape index (κ1) is 18.7. The number of benzene rings is 1. The lowest BCUT2D eigenvalue weighted by atomic mass is 10.0. The van der Waals surface area contributed by atoms with Crippen molar-refractivity contribution in [1.29, 1.82) is 0 Å². The van der Waals surface area contributed by atoms with Crippen LogP contribution in [0.5, 0.6) is 0 Å². The highest BCUT2D eigenvalue weighted by atomic mass is 16.5. The summed E-state index contributed by atoms with van der Waals surface area (Å²) in [4.78, 5) is 11.5. The minimum Gasteiger partial charge on any atom is -0.466 e. The fourth-order valence-corrected chi connectivity index (χ4v) is 2.29. The molecule has 0 radical (unpaired) electrons. The molecule has 1 atom stereocenters. The molecule has 1 aromatic rings. The molecule has 1 rings (SSSR count). The van der Waals surface area contributed by atoms with Crippen molar-refractivity contribution in [2.75, 3.05) is 6.61 Å². The maximum Gasteiger partial charge on any atom is 0.305 e. The zero-order valence-corrected chi connectivity index (χ0v) is 14.0. The molecule has 3 heteroatoms. The molecule has 0 heterocycles. The maximum absolute atomic E-state index is 11.5. The summed E-state index contributed by atoms with van der Waals surface area (Å²) in [5.41, 5.74) is 1.31. The van der Waals surface area contributed by atoms with Crippen molar-refractivity contribution < 1.29 is 14.6 Å². The zero-order chi connectivity index (χ0) is 16.2. The largest absolute Gasteiger partial charge is 0.466 e. The first-order valence-corrected chi connectivity index (χ1v) is 8.45. The van der Waals surface area contributed by atoms with E-state index in [0.717, 1.165) is 25.7 Å². The molecule has 0 saturated carbocycles. The van der Waals surface area contributed by atoms with Gasteiger partial charge in [-0.1, -0.05) is 44.2 Å². The quantitative estimate of drug-likeness (QED) is 0.625. The normalized spacial score (nSPS) is 12.4. The second-order valence-electron chi connectivity index (χ2n) is 6.33. The Labute approximate surface area is 134 Å². The minimum atomic E-state index is -0.313. The van der Waals surface area contributed by atoms with Crippen LogP contribution in [0.2, 0.25) is 0 Å². The van der Waals surface area contributed by atoms with E-state index in [1.54, 1.807) is 0 Å². The van der Waals surface area contributed by atoms with Crippen molar-refractivity contribution in [3.63, 3.8) is 0 Å². The fraction of sp³-hybridized carbons (Fsp3) is 0.632. The second kappa shape index (κ2) is 11.2. The Kier molecular flexibility index (Phi) is 9.56. The molecule has 0 aromatic heterocycles. The monoisotopic (exact) mass is 306 g/mol. The van der Waals surface area contributed by atoms with Gasteiger partial charge in [-0.25, -0.2) is 0 Å². The molecule has 0 aliphatic carbocycles. The summed E-state index contributed by atoms with van der Waals surface area (Å²) in [6.07, 6.45) is 5.14. The third-order valence-corrected chi connectivity index (χ3v) is 3.72. The number of ether oxygens (including phenoxy) is 1. The lowest BCUT2D eigenvalue weighted by Crippen LogP contribution is -2.11. The topological polar surface area (TPSA) is 46.5 Å². The van der Waals surface area contributed by atoms with E-state index in [9.17, 15) is 9.90 Å². The van der Waals surface area contributed by atoms with Gasteiger partial charge < -0.3 is 9.84 Å². The third-order valence-electron chi connectivity index (χ3n) is 3.72. The Morgan fingerprint density at radius 1 is 1.09 bits per heavy atom. The zero-order valence-electron chi connectivity index (χ0n) is 14.0. The van der Waals surface area contributed by atoms with Crippen LogP contribution in [0.4, 0.5) is 0 Å². The van der Waals surface area contributed by atoms with Crippen molar-refractivity contribution >= 4 is 5.97 Å². The summed E-state index contributed by atoms with van der Waals surface area (Å²) in [5.74, 6) is 0.413. The van der Waals surface area contributed by atoms with Gasteiger partial charge in [0.25, 0.3) is 0 Å². The van der Waals surface area contributed by atoms with Crippen molar-refractivity contribution in [2.24, 2.45) is 5.92 Å². The Bertz CT molecular complexity index is 400. The summed E-state index contributed by atoms with van der Waals surface area (Å²) >= 11 is 0. The molecule has 22 heavy (non-hydrogen) atoms. The van der Waals surface area contributed by atoms with E-state index in [0.29, 0.717) is 31.8 Å². The van der Waals surface area contributed by atoms with E-state index in [4.69, 9.17) is 4.74 Å². The summed E-state index contributed by atoms with van der Waals surface area (Å²) < 4.78 is 5.15. The molecule has 1 unspecified atom stereocenters. The molecular formula is C19H30O3. The van der Waals surface area contributed by atoms with Gasteiger partial charge in [0.1, 0.15) is 0 Å². The molecule has 3 nitrogen and oxygen atoms in total. The predicted octanol–water partition coefficient (Wildman–Crippen LogP) is 4.13. The van der Waals surface area contributed by atoms with Crippen molar-refractivity contribution in [2.45, 2.75) is 64.9 Å². The minimum absolute atomic E-state index is 0.142. The van der Waals surface area contributed by atoms with E-state index >= 15 is 0 Å². The molecule has 0 amide bonds. The van der Waals surface area contributed by atoms with Gasteiger partial charge in [-0.2, -0.15) is 0 Å². The molecule has 124 valence electrons. The summed E-state index contributed by atoms with van der Waals surface area (Å²) in [6, 6.07) is 10.3. The summed E-state index contributed by atoms with van der Waals surface area (Å²) in [5, 5.41) is 9.94. The highest BCUT2D eigenvalue weighted by molar-refractivity contribution is 5.69. The Morgan fingerprint density at radius 2 is 1.77 bits per heavy atom. The van der Waals surface area contributed by atoms with Crippen LogP contribution in [0.25, 0.3) is 0 Å². The third kappa shape index (κ3) is 9.56. The van der Waals surface area contributed by atoms with Crippen LogP contribution in [-0.2, 0) is 16.0 Å². The van der Waals surface area contributed by atoms with Crippen LogP contribution in [0, 0.1) is 5.92 Å². The number of hydrogen-bond acceptors (Lipinski definition) is 3. The molecule has 0 fully saturated rings. The number of carbonyl (C=O) groups is 1. The van der Waals surface area contributed by atoms with Gasteiger partial charge in [0, 0.05) is 6.42 Å². The summed E-state index contributed by atoms with van der Waals surface area (Å²) in [6.45, 7) is 4.73. The SMILES string of the molecule is CC(C)CCOC(=O)CCCC(O)CCCc1ccccc1. The van der Waals surface area contributed by atoms with Crippen molar-refractivity contribution in [1.82, 2.24) is 0 Å². The molecule has 1 N–H and O–H groups in total. The number of carbonyl (C=O) groups excluding carboxylic acids is 1. The first-order chi connectivity index (χ1) is 10.6. The fourth-order valence-electron chi connectivity index (χ4n) is 2.29. The van der Waals surface area contributed by atoms with Crippen LogP contribution in [-0.4, -0.2) is 23.8 Å². The van der Waals surface area contributed by atoms with Gasteiger partial charge in [0.15, 0.2) is 0 Å². The van der Waals surface area contributed by atoms with Crippen molar-refractivity contribution in [3.05, 3.63) is 35.9 Å². The van der Waals surface area contributed by atoms with E-state index in [1.807, 2.05) is 18.2 Å². The molecule has 0 bridgehead atoms. The van der Waals surface area contributed by atoms with Gasteiger partial charge >= 0.3 is 5.97 Å². The van der Waals surface area contributed by atoms with E-state index in [-0.39, 0.29) is 12.1 Å². The highest BCUT2D eigenvalue weighted by Gasteiger charge is 2.08. The molecule has 0 aliphatic rings. The van der Waals surface area contributed by atoms with E-state index < -0.39 is 0 Å². The standard InChI is InChI=1S/C19H30O3/c1-16(2)14-15-22-19(21)13-7-12-18(20)11-6-10-17-8-4-3-5-9-17/h3-5,8-9,16,18,20H,6-7,10-15H2,1-2H3. The number of aliphatic hydroxyl groups is 1. The molecule has 1 aromatic carbocycles. The number of hydrogen-bond donors (Lipinski definition) is 1. The van der Waals surface area contributed by atoms with Crippen LogP contribution in [0.3, 0.4) is 0 Å². The lowest BCUT2D eigenvalue weighted by molar-refractivity contribution is -0.144. The van der Waals surface area contributed by atoms with Gasteiger partial charge in [0.2, 0.25) is 0 Å². The van der Waals surface area contributed by atoms with Crippen LogP contribution >= 0.6 is 0 Å². The van der Waals surface area contributed by atoms with Crippen LogP contribution in [0.15, 0.2) is 30.3 Å². The Hall–Kier alpha value is -1.35. The smallest absolute Gasteiger partial charge is 0.305 e. The Morgan fingerprint density at radius 3 is 2.45 bits per heavy atom. The molecule has 0 spiro atoms. The molecule has 0 aliphatic heterocycles. The maximum atomic E-state index is 11.5. The average Bonchev–Trinajstić information content (AvgIpc) is 2.48. The molecule has 0 saturated heterocycles. The number of esters is 1. The van der Waals surface area contributed by atoms with Gasteiger partial charge in [0.05, 0.1) is 12.7 Å². The first-order valence-electron chi connectivity index (χ1n) is 8.45. The lowest BCUT2D eigenvalue weighted by Gasteiger charge is -2.10. The second-order valence-corrected chi connectivity index (χ2v) is 6.33. The van der Waals surface area contributed by atoms with E-state index in [2.05, 4.69) is 26.0 Å². The molecular weight excluding hydrogens is 276 g/mol. The summed E-state index contributed by atoms with van der Waals surface area (Å²) in [7, 11) is 0. The van der Waals surface area contributed by atoms with Gasteiger partial charge in [-0.05, 0) is 50.0 Å². The number of aryl methyl sites for hydroxylation is 1. The Balaban J connectivity index is 2.01. The average molecular weight is 306 g/mol.